The zero-order chi connectivity index (χ0) is 19.9. The Balaban J connectivity index is 1.66. The first-order valence-corrected chi connectivity index (χ1v) is 10.6. The van der Waals surface area contributed by atoms with E-state index < -0.39 is 0 Å². The van der Waals surface area contributed by atoms with E-state index in [1.54, 1.807) is 6.07 Å². The molecule has 7 heteroatoms. The summed E-state index contributed by atoms with van der Waals surface area (Å²) in [5.74, 6) is 0.226. The van der Waals surface area contributed by atoms with Gasteiger partial charge < -0.3 is 15.1 Å². The highest BCUT2D eigenvalue weighted by atomic mass is 35.5. The van der Waals surface area contributed by atoms with Crippen LogP contribution in [0.2, 0.25) is 5.02 Å². The monoisotopic (exact) mass is 416 g/mol. The van der Waals surface area contributed by atoms with E-state index in [-0.39, 0.29) is 5.91 Å². The number of piperazine rings is 1. The number of aryl methyl sites for hydroxylation is 1. The van der Waals surface area contributed by atoms with Crippen LogP contribution in [0.5, 0.6) is 0 Å². The van der Waals surface area contributed by atoms with Gasteiger partial charge in [0.2, 0.25) is 5.91 Å². The quantitative estimate of drug-likeness (QED) is 0.597. The van der Waals surface area contributed by atoms with Crippen molar-refractivity contribution in [1.29, 1.82) is 0 Å². The Morgan fingerprint density at radius 1 is 1.14 bits per heavy atom. The second-order valence-electron chi connectivity index (χ2n) is 6.82. The number of hydrogen-bond donors (Lipinski definition) is 1. The Hall–Kier alpha value is -2.02. The molecule has 1 aliphatic rings. The first-order valence-electron chi connectivity index (χ1n) is 9.27. The van der Waals surface area contributed by atoms with Crippen LogP contribution in [0, 0.1) is 6.92 Å². The summed E-state index contributed by atoms with van der Waals surface area (Å²) in [6.07, 6.45) is 0. The summed E-state index contributed by atoms with van der Waals surface area (Å²) in [5.41, 5.74) is 2.60. The molecule has 0 bridgehead atoms. The van der Waals surface area contributed by atoms with Gasteiger partial charge in [0.05, 0.1) is 11.4 Å². The van der Waals surface area contributed by atoms with Crippen LogP contribution in [0.3, 0.4) is 0 Å². The minimum Gasteiger partial charge on any atom is -0.349 e. The van der Waals surface area contributed by atoms with Crippen molar-refractivity contribution in [2.24, 2.45) is 4.99 Å². The third-order valence-electron chi connectivity index (χ3n) is 4.54. The smallest absolute Gasteiger partial charge is 0.234 e. The summed E-state index contributed by atoms with van der Waals surface area (Å²) in [6.45, 7) is 5.73. The third kappa shape index (κ3) is 5.99. The Bertz CT molecular complexity index is 836. The number of hydrogen-bond acceptors (Lipinski definition) is 4. The molecule has 1 aliphatic heterocycles. The van der Waals surface area contributed by atoms with Gasteiger partial charge in [-0.2, -0.15) is 0 Å². The molecule has 2 aromatic rings. The van der Waals surface area contributed by atoms with Gasteiger partial charge in [-0.25, -0.2) is 4.99 Å². The lowest BCUT2D eigenvalue weighted by atomic mass is 10.2. The van der Waals surface area contributed by atoms with Gasteiger partial charge in [-0.15, -0.1) is 0 Å². The summed E-state index contributed by atoms with van der Waals surface area (Å²) < 4.78 is 0. The topological polar surface area (TPSA) is 47.9 Å². The standard InChI is InChI=1S/C21H25ClN4OS/c1-16-8-9-18(14-19(16)22)23-20(27)15-28-21(24-17-6-4-3-5-7-17)26-12-10-25(2)11-13-26/h3-9,14H,10-13,15H2,1-2H3,(H,23,27). The van der Waals surface area contributed by atoms with Crippen molar-refractivity contribution in [3.8, 4) is 0 Å². The Labute approximate surface area is 175 Å². The van der Waals surface area contributed by atoms with Crippen molar-refractivity contribution in [1.82, 2.24) is 9.80 Å². The third-order valence-corrected chi connectivity index (χ3v) is 5.96. The van der Waals surface area contributed by atoms with E-state index in [1.165, 1.54) is 11.8 Å². The Morgan fingerprint density at radius 2 is 1.86 bits per heavy atom. The molecule has 3 rings (SSSR count). The number of likely N-dealkylation sites (N-methyl/N-ethyl adjacent to an activating group) is 1. The molecule has 28 heavy (non-hydrogen) atoms. The molecule has 0 saturated carbocycles. The maximum Gasteiger partial charge on any atom is 0.234 e. The number of halogens is 1. The molecular weight excluding hydrogens is 392 g/mol. The fraction of sp³-hybridized carbons (Fsp3) is 0.333. The van der Waals surface area contributed by atoms with E-state index in [2.05, 4.69) is 22.2 Å². The Kier molecular flexibility index (Phi) is 7.36. The van der Waals surface area contributed by atoms with Crippen LogP contribution < -0.4 is 5.32 Å². The second kappa shape index (κ2) is 9.96. The molecule has 0 spiro atoms. The minimum absolute atomic E-state index is 0.0696. The molecule has 0 aromatic heterocycles. The molecule has 1 N–H and O–H groups in total. The van der Waals surface area contributed by atoms with Gasteiger partial charge in [0.15, 0.2) is 5.17 Å². The van der Waals surface area contributed by atoms with Crippen molar-refractivity contribution < 1.29 is 4.79 Å². The average molecular weight is 417 g/mol. The number of carbonyl (C=O) groups is 1. The van der Waals surface area contributed by atoms with Crippen LogP contribution in [-0.4, -0.2) is 59.9 Å². The summed E-state index contributed by atoms with van der Waals surface area (Å²) in [7, 11) is 2.12. The van der Waals surface area contributed by atoms with E-state index >= 15 is 0 Å². The molecule has 0 atom stereocenters. The first kappa shape index (κ1) is 20.7. The number of carbonyl (C=O) groups excluding carboxylic acids is 1. The molecule has 1 saturated heterocycles. The second-order valence-corrected chi connectivity index (χ2v) is 8.17. The lowest BCUT2D eigenvalue weighted by Gasteiger charge is -2.34. The largest absolute Gasteiger partial charge is 0.349 e. The highest BCUT2D eigenvalue weighted by Crippen LogP contribution is 2.21. The fourth-order valence-corrected chi connectivity index (χ4v) is 3.85. The maximum atomic E-state index is 12.4. The number of aliphatic imine (C=N–C) groups is 1. The maximum absolute atomic E-state index is 12.4. The van der Waals surface area contributed by atoms with Gasteiger partial charge in [-0.1, -0.05) is 47.6 Å². The lowest BCUT2D eigenvalue weighted by Crippen LogP contribution is -2.46. The van der Waals surface area contributed by atoms with Gasteiger partial charge >= 0.3 is 0 Å². The fourth-order valence-electron chi connectivity index (χ4n) is 2.80. The normalized spacial score (nSPS) is 15.5. The highest BCUT2D eigenvalue weighted by molar-refractivity contribution is 8.14. The number of anilines is 1. The van der Waals surface area contributed by atoms with Crippen molar-refractivity contribution in [3.63, 3.8) is 0 Å². The molecule has 0 aliphatic carbocycles. The summed E-state index contributed by atoms with van der Waals surface area (Å²) >= 11 is 7.61. The number of amides is 1. The predicted octanol–water partition coefficient (Wildman–Crippen LogP) is 4.26. The number of thioether (sulfide) groups is 1. The number of nitrogens with zero attached hydrogens (tertiary/aromatic N) is 3. The minimum atomic E-state index is -0.0696. The van der Waals surface area contributed by atoms with Crippen LogP contribution in [0.15, 0.2) is 53.5 Å². The van der Waals surface area contributed by atoms with Gasteiger partial charge in [0.25, 0.3) is 0 Å². The summed E-state index contributed by atoms with van der Waals surface area (Å²) in [6, 6.07) is 15.4. The molecule has 5 nitrogen and oxygen atoms in total. The first-order chi connectivity index (χ1) is 13.5. The highest BCUT2D eigenvalue weighted by Gasteiger charge is 2.19. The van der Waals surface area contributed by atoms with Crippen molar-refractivity contribution in [2.75, 3.05) is 44.3 Å². The molecule has 0 radical (unpaired) electrons. The number of benzene rings is 2. The van der Waals surface area contributed by atoms with Crippen LogP contribution in [-0.2, 0) is 4.79 Å². The molecule has 0 unspecified atom stereocenters. The van der Waals surface area contributed by atoms with Crippen LogP contribution in [0.25, 0.3) is 0 Å². The SMILES string of the molecule is Cc1ccc(NC(=O)CSC(=Nc2ccccc2)N2CCN(C)CC2)cc1Cl. The lowest BCUT2D eigenvalue weighted by molar-refractivity contribution is -0.113. The molecule has 2 aromatic carbocycles. The predicted molar refractivity (Wildman–Crippen MR) is 120 cm³/mol. The molecule has 148 valence electrons. The van der Waals surface area contributed by atoms with E-state index in [0.29, 0.717) is 16.5 Å². The zero-order valence-corrected chi connectivity index (χ0v) is 17.8. The van der Waals surface area contributed by atoms with Gasteiger partial charge in [0.1, 0.15) is 0 Å². The Morgan fingerprint density at radius 3 is 2.54 bits per heavy atom. The van der Waals surface area contributed by atoms with Crippen molar-refractivity contribution in [3.05, 3.63) is 59.1 Å². The van der Waals surface area contributed by atoms with Gasteiger partial charge in [-0.3, -0.25) is 4.79 Å². The van der Waals surface area contributed by atoms with E-state index in [9.17, 15) is 4.79 Å². The van der Waals surface area contributed by atoms with E-state index in [0.717, 1.165) is 42.6 Å². The summed E-state index contributed by atoms with van der Waals surface area (Å²) in [5, 5.41) is 4.45. The molecule has 1 fully saturated rings. The summed E-state index contributed by atoms with van der Waals surface area (Å²) in [4.78, 5) is 21.8. The van der Waals surface area contributed by atoms with Crippen molar-refractivity contribution in [2.45, 2.75) is 6.92 Å². The molecule has 1 heterocycles. The zero-order valence-electron chi connectivity index (χ0n) is 16.2. The van der Waals surface area contributed by atoms with Gasteiger partial charge in [-0.05, 0) is 43.8 Å². The van der Waals surface area contributed by atoms with E-state index in [4.69, 9.17) is 16.6 Å². The van der Waals surface area contributed by atoms with E-state index in [1.807, 2.05) is 49.4 Å². The van der Waals surface area contributed by atoms with Crippen LogP contribution in [0.4, 0.5) is 11.4 Å². The van der Waals surface area contributed by atoms with Crippen LogP contribution in [0.1, 0.15) is 5.56 Å². The van der Waals surface area contributed by atoms with Crippen molar-refractivity contribution >= 4 is 45.8 Å². The number of para-hydroxylation sites is 1. The molecular formula is C21H25ClN4OS. The van der Waals surface area contributed by atoms with Crippen LogP contribution >= 0.6 is 23.4 Å². The number of nitrogens with one attached hydrogen (secondary N) is 1. The molecule has 1 amide bonds. The van der Waals surface area contributed by atoms with Gasteiger partial charge in [0, 0.05) is 36.9 Å². The number of rotatable bonds is 4. The number of amidine groups is 1. The average Bonchev–Trinajstić information content (AvgIpc) is 2.69.